The minimum atomic E-state index is -1.13. The van der Waals surface area contributed by atoms with Crippen molar-refractivity contribution in [2.24, 2.45) is 22.7 Å². The second kappa shape index (κ2) is 5.99. The molecule has 24 heavy (non-hydrogen) atoms. The van der Waals surface area contributed by atoms with Crippen molar-refractivity contribution in [2.75, 3.05) is 0 Å². The number of ether oxygens (including phenoxy) is 1. The first kappa shape index (κ1) is 17.7. The molecule has 1 aliphatic heterocycles. The summed E-state index contributed by atoms with van der Waals surface area (Å²) in [5, 5.41) is 21.2. The third kappa shape index (κ3) is 2.55. The third-order valence-corrected chi connectivity index (χ3v) is 6.89. The third-order valence-electron chi connectivity index (χ3n) is 6.89. The highest BCUT2D eigenvalue weighted by Gasteiger charge is 2.63. The van der Waals surface area contributed by atoms with Gasteiger partial charge in [-0.05, 0) is 57.3 Å². The van der Waals surface area contributed by atoms with Gasteiger partial charge in [-0.15, -0.1) is 0 Å². The van der Waals surface area contributed by atoms with Crippen LogP contribution in [0.3, 0.4) is 0 Å². The van der Waals surface area contributed by atoms with E-state index in [0.717, 1.165) is 25.7 Å². The number of hydrogen-bond donors (Lipinski definition) is 2. The van der Waals surface area contributed by atoms with Crippen molar-refractivity contribution in [3.8, 4) is 0 Å². The van der Waals surface area contributed by atoms with E-state index in [1.165, 1.54) is 5.57 Å². The maximum atomic E-state index is 12.0. The zero-order chi connectivity index (χ0) is 17.7. The van der Waals surface area contributed by atoms with Gasteiger partial charge in [0, 0.05) is 11.0 Å². The van der Waals surface area contributed by atoms with Crippen LogP contribution in [0.25, 0.3) is 0 Å². The number of aliphatic hydroxyl groups excluding tert-OH is 2. The lowest BCUT2D eigenvalue weighted by Crippen LogP contribution is -2.58. The Balaban J connectivity index is 1.95. The average molecular weight is 334 g/mol. The van der Waals surface area contributed by atoms with Crippen LogP contribution in [-0.4, -0.2) is 28.6 Å². The minimum absolute atomic E-state index is 0.0906. The lowest BCUT2D eigenvalue weighted by Gasteiger charge is -2.58. The maximum absolute atomic E-state index is 12.0. The van der Waals surface area contributed by atoms with Crippen molar-refractivity contribution >= 4 is 5.97 Å². The highest BCUT2D eigenvalue weighted by molar-refractivity contribution is 5.91. The first-order valence-electron chi connectivity index (χ1n) is 9.10. The topological polar surface area (TPSA) is 66.8 Å². The van der Waals surface area contributed by atoms with Gasteiger partial charge < -0.3 is 14.9 Å². The molecule has 1 saturated heterocycles. The first-order chi connectivity index (χ1) is 11.2. The zero-order valence-electron chi connectivity index (χ0n) is 15.2. The Kier molecular flexibility index (Phi) is 4.42. The van der Waals surface area contributed by atoms with Gasteiger partial charge in [0.05, 0.1) is 12.0 Å². The van der Waals surface area contributed by atoms with Gasteiger partial charge in [-0.2, -0.15) is 0 Å². The van der Waals surface area contributed by atoms with Gasteiger partial charge in [0.2, 0.25) is 6.29 Å². The molecular weight excluding hydrogens is 304 g/mol. The molecule has 1 unspecified atom stereocenters. The number of esters is 1. The van der Waals surface area contributed by atoms with E-state index < -0.39 is 29.7 Å². The molecular formula is C20H30O4. The fourth-order valence-electron chi connectivity index (χ4n) is 5.51. The molecule has 0 bridgehead atoms. The molecule has 1 heterocycles. The highest BCUT2D eigenvalue weighted by atomic mass is 16.6. The predicted octanol–water partition coefficient (Wildman–Crippen LogP) is 3.34. The molecule has 3 rings (SSSR count). The molecule has 0 aromatic heterocycles. The first-order valence-corrected chi connectivity index (χ1v) is 9.10. The summed E-state index contributed by atoms with van der Waals surface area (Å²) in [6, 6.07) is 0. The van der Waals surface area contributed by atoms with Crippen LogP contribution in [0.2, 0.25) is 0 Å². The number of rotatable bonds is 3. The van der Waals surface area contributed by atoms with Crippen LogP contribution in [0, 0.1) is 22.7 Å². The van der Waals surface area contributed by atoms with Gasteiger partial charge in [-0.3, -0.25) is 0 Å². The van der Waals surface area contributed by atoms with E-state index in [-0.39, 0.29) is 11.3 Å². The van der Waals surface area contributed by atoms with Crippen LogP contribution in [-0.2, 0) is 9.53 Å². The summed E-state index contributed by atoms with van der Waals surface area (Å²) >= 11 is 0. The summed E-state index contributed by atoms with van der Waals surface area (Å²) in [6.07, 6.45) is 7.12. The summed E-state index contributed by atoms with van der Waals surface area (Å²) in [7, 11) is 0. The number of hydrogen-bond acceptors (Lipinski definition) is 4. The molecule has 0 spiro atoms. The molecule has 4 nitrogen and oxygen atoms in total. The number of allylic oxidation sites excluding steroid dienone is 3. The van der Waals surface area contributed by atoms with E-state index in [0.29, 0.717) is 12.0 Å². The molecule has 1 saturated carbocycles. The van der Waals surface area contributed by atoms with Gasteiger partial charge >= 0.3 is 5.97 Å². The standard InChI is InChI=1S/C20H30O4/c1-12(2)6-5-10-19(3)11-9-15(21)20(4)14(19)8-7-13-16(20)18(23)24-17(13)22/h6-7,14-16,18,21,23H,5,8-11H2,1-4H3/t14?,15-,16-,18-,19-,20-/m1/s1. The van der Waals surface area contributed by atoms with E-state index in [2.05, 4.69) is 26.8 Å². The van der Waals surface area contributed by atoms with E-state index in [1.807, 2.05) is 13.0 Å². The summed E-state index contributed by atoms with van der Waals surface area (Å²) < 4.78 is 5.08. The van der Waals surface area contributed by atoms with Gasteiger partial charge in [0.15, 0.2) is 0 Å². The van der Waals surface area contributed by atoms with Crippen LogP contribution in [0.1, 0.15) is 59.8 Å². The molecule has 2 N–H and O–H groups in total. The summed E-state index contributed by atoms with van der Waals surface area (Å²) in [4.78, 5) is 12.0. The molecule has 0 amide bonds. The molecule has 2 aliphatic carbocycles. The fraction of sp³-hybridized carbons (Fsp3) is 0.750. The molecule has 0 radical (unpaired) electrons. The second-order valence-electron chi connectivity index (χ2n) is 8.62. The Morgan fingerprint density at radius 1 is 1.38 bits per heavy atom. The van der Waals surface area contributed by atoms with Gasteiger partial charge in [0.25, 0.3) is 0 Å². The van der Waals surface area contributed by atoms with Crippen molar-refractivity contribution in [3.05, 3.63) is 23.3 Å². The Morgan fingerprint density at radius 2 is 2.08 bits per heavy atom. The lowest BCUT2D eigenvalue weighted by molar-refractivity contribution is -0.187. The van der Waals surface area contributed by atoms with Crippen LogP contribution in [0.5, 0.6) is 0 Å². The normalized spacial score (nSPS) is 44.2. The van der Waals surface area contributed by atoms with Gasteiger partial charge in [-0.25, -0.2) is 4.79 Å². The van der Waals surface area contributed by atoms with Crippen LogP contribution in [0.4, 0.5) is 0 Å². The average Bonchev–Trinajstić information content (AvgIpc) is 2.79. The zero-order valence-corrected chi connectivity index (χ0v) is 15.2. The van der Waals surface area contributed by atoms with Crippen LogP contribution < -0.4 is 0 Å². The van der Waals surface area contributed by atoms with E-state index in [1.54, 1.807) is 0 Å². The molecule has 134 valence electrons. The number of cyclic esters (lactones) is 1. The largest absolute Gasteiger partial charge is 0.432 e. The Labute approximate surface area is 144 Å². The van der Waals surface area contributed by atoms with E-state index in [9.17, 15) is 15.0 Å². The van der Waals surface area contributed by atoms with Crippen molar-refractivity contribution < 1.29 is 19.7 Å². The van der Waals surface area contributed by atoms with Crippen molar-refractivity contribution in [2.45, 2.75) is 72.2 Å². The Morgan fingerprint density at radius 3 is 2.75 bits per heavy atom. The highest BCUT2D eigenvalue weighted by Crippen LogP contribution is 2.63. The molecule has 6 atom stereocenters. The van der Waals surface area contributed by atoms with Crippen LogP contribution in [0.15, 0.2) is 23.3 Å². The SMILES string of the molecule is CC(C)=CCC[C@]1(C)CC[C@@H](O)[C@@]2(C)C1CC=C1C(=O)O[C@@H](O)[C@@H]12. The molecule has 0 aromatic carbocycles. The number of carbonyl (C=O) groups is 1. The van der Waals surface area contributed by atoms with Gasteiger partial charge in [0.1, 0.15) is 0 Å². The molecule has 3 aliphatic rings. The predicted molar refractivity (Wildman–Crippen MR) is 91.9 cm³/mol. The van der Waals surface area contributed by atoms with Crippen molar-refractivity contribution in [1.82, 2.24) is 0 Å². The Hall–Kier alpha value is -1.13. The number of carbonyl (C=O) groups excluding carboxylic acids is 1. The molecule has 4 heteroatoms. The van der Waals surface area contributed by atoms with E-state index in [4.69, 9.17) is 4.74 Å². The Bertz CT molecular complexity index is 588. The number of fused-ring (bicyclic) bond motifs is 3. The number of aliphatic hydroxyl groups is 2. The fourth-order valence-corrected chi connectivity index (χ4v) is 5.51. The van der Waals surface area contributed by atoms with Gasteiger partial charge in [-0.1, -0.05) is 31.6 Å². The molecule has 2 fully saturated rings. The quantitative estimate of drug-likeness (QED) is 0.614. The van der Waals surface area contributed by atoms with Crippen molar-refractivity contribution in [1.29, 1.82) is 0 Å². The summed E-state index contributed by atoms with van der Waals surface area (Å²) in [5.74, 6) is -0.602. The molecule has 0 aromatic rings. The minimum Gasteiger partial charge on any atom is -0.432 e. The van der Waals surface area contributed by atoms with Crippen LogP contribution >= 0.6 is 0 Å². The smallest absolute Gasteiger partial charge is 0.336 e. The summed E-state index contributed by atoms with van der Waals surface area (Å²) in [5.41, 5.74) is 1.46. The van der Waals surface area contributed by atoms with Crippen molar-refractivity contribution in [3.63, 3.8) is 0 Å². The lowest BCUT2D eigenvalue weighted by atomic mass is 9.46. The summed E-state index contributed by atoms with van der Waals surface area (Å²) in [6.45, 7) is 8.59. The second-order valence-corrected chi connectivity index (χ2v) is 8.62. The monoisotopic (exact) mass is 334 g/mol. The maximum Gasteiger partial charge on any atom is 0.336 e. The van der Waals surface area contributed by atoms with E-state index >= 15 is 0 Å².